The Bertz CT molecular complexity index is 1030. The molecule has 3 aromatic rings. The van der Waals surface area contributed by atoms with Crippen LogP contribution in [0.2, 0.25) is 0 Å². The van der Waals surface area contributed by atoms with Crippen LogP contribution in [0.1, 0.15) is 16.0 Å². The maximum atomic E-state index is 13.5. The number of rotatable bonds is 4. The van der Waals surface area contributed by atoms with Crippen molar-refractivity contribution in [2.45, 2.75) is 25.0 Å². The highest BCUT2D eigenvalue weighted by atomic mass is 32.2. The normalized spacial score (nSPS) is 16.6. The van der Waals surface area contributed by atoms with E-state index in [9.17, 15) is 4.79 Å². The third-order valence-corrected chi connectivity index (χ3v) is 6.82. The SMILES string of the molecule is C=CCSc1nc2sc3c(c2c(=O)n1-c1ccc(C)cc1)CC[NH+](C)C3. The minimum absolute atomic E-state index is 0.0578. The van der Waals surface area contributed by atoms with Crippen LogP contribution in [0.3, 0.4) is 0 Å². The number of likely N-dealkylation sites (N-methyl/N-ethyl adjacent to an activating group) is 1. The molecule has 0 saturated heterocycles. The Morgan fingerprint density at radius 3 is 2.88 bits per heavy atom. The summed E-state index contributed by atoms with van der Waals surface area (Å²) in [6.45, 7) is 7.90. The summed E-state index contributed by atoms with van der Waals surface area (Å²) in [5.74, 6) is 0.724. The van der Waals surface area contributed by atoms with E-state index in [1.807, 2.05) is 30.3 Å². The Labute approximate surface area is 161 Å². The van der Waals surface area contributed by atoms with E-state index in [1.165, 1.54) is 20.9 Å². The monoisotopic (exact) mass is 384 g/mol. The first-order valence-corrected chi connectivity index (χ1v) is 10.6. The number of thiophene rings is 1. The van der Waals surface area contributed by atoms with Gasteiger partial charge < -0.3 is 4.90 Å². The van der Waals surface area contributed by atoms with Crippen molar-refractivity contribution in [1.29, 1.82) is 0 Å². The molecule has 134 valence electrons. The van der Waals surface area contributed by atoms with Crippen LogP contribution >= 0.6 is 23.1 Å². The third kappa shape index (κ3) is 3.02. The van der Waals surface area contributed by atoms with Gasteiger partial charge in [0.05, 0.1) is 29.5 Å². The molecule has 1 unspecified atom stereocenters. The van der Waals surface area contributed by atoms with Crippen molar-refractivity contribution in [3.8, 4) is 5.69 Å². The molecule has 1 N–H and O–H groups in total. The van der Waals surface area contributed by atoms with Crippen molar-refractivity contribution in [3.05, 3.63) is 63.3 Å². The molecule has 1 aliphatic heterocycles. The zero-order valence-electron chi connectivity index (χ0n) is 15.0. The minimum atomic E-state index is 0.0578. The molecule has 1 aromatic carbocycles. The molecular weight excluding hydrogens is 362 g/mol. The number of nitrogens with zero attached hydrogens (tertiary/aromatic N) is 2. The van der Waals surface area contributed by atoms with Gasteiger partial charge >= 0.3 is 0 Å². The zero-order valence-corrected chi connectivity index (χ0v) is 16.7. The lowest BCUT2D eigenvalue weighted by Crippen LogP contribution is -3.08. The van der Waals surface area contributed by atoms with Gasteiger partial charge in [-0.2, -0.15) is 0 Å². The van der Waals surface area contributed by atoms with Crippen molar-refractivity contribution in [1.82, 2.24) is 9.55 Å². The average Bonchev–Trinajstić information content (AvgIpc) is 2.98. The number of hydrogen-bond acceptors (Lipinski definition) is 4. The lowest BCUT2D eigenvalue weighted by atomic mass is 10.1. The van der Waals surface area contributed by atoms with Gasteiger partial charge in [-0.1, -0.05) is 35.5 Å². The van der Waals surface area contributed by atoms with Crippen LogP contribution < -0.4 is 10.5 Å². The second kappa shape index (κ2) is 7.02. The molecule has 4 rings (SSSR count). The first-order valence-electron chi connectivity index (χ1n) is 8.78. The molecule has 1 aliphatic rings. The summed E-state index contributed by atoms with van der Waals surface area (Å²) in [5.41, 5.74) is 3.33. The van der Waals surface area contributed by atoms with Gasteiger partial charge in [-0.25, -0.2) is 4.98 Å². The van der Waals surface area contributed by atoms with Crippen molar-refractivity contribution < 1.29 is 4.90 Å². The van der Waals surface area contributed by atoms with Gasteiger partial charge in [0.15, 0.2) is 5.16 Å². The van der Waals surface area contributed by atoms with Crippen LogP contribution in [0.15, 0.2) is 46.9 Å². The molecule has 0 saturated carbocycles. The molecule has 26 heavy (non-hydrogen) atoms. The Morgan fingerprint density at radius 2 is 2.15 bits per heavy atom. The highest BCUT2D eigenvalue weighted by Crippen LogP contribution is 2.31. The lowest BCUT2D eigenvalue weighted by molar-refractivity contribution is -0.895. The van der Waals surface area contributed by atoms with Gasteiger partial charge in [0, 0.05) is 12.2 Å². The van der Waals surface area contributed by atoms with Crippen molar-refractivity contribution in [2.24, 2.45) is 0 Å². The van der Waals surface area contributed by atoms with Crippen molar-refractivity contribution in [2.75, 3.05) is 19.3 Å². The molecule has 0 spiro atoms. The van der Waals surface area contributed by atoms with Gasteiger partial charge in [-0.15, -0.1) is 17.9 Å². The number of thioether (sulfide) groups is 1. The van der Waals surface area contributed by atoms with Crippen LogP contribution in [0.4, 0.5) is 0 Å². The van der Waals surface area contributed by atoms with Crippen molar-refractivity contribution >= 4 is 33.3 Å². The molecule has 4 nitrogen and oxygen atoms in total. The van der Waals surface area contributed by atoms with Crippen molar-refractivity contribution in [3.63, 3.8) is 0 Å². The maximum absolute atomic E-state index is 13.5. The number of aryl methyl sites for hydroxylation is 1. The average molecular weight is 385 g/mol. The molecule has 6 heteroatoms. The first-order chi connectivity index (χ1) is 12.6. The van der Waals surface area contributed by atoms with E-state index in [2.05, 4.69) is 20.6 Å². The zero-order chi connectivity index (χ0) is 18.3. The fraction of sp³-hybridized carbons (Fsp3) is 0.300. The summed E-state index contributed by atoms with van der Waals surface area (Å²) in [6.07, 6.45) is 2.80. The molecule has 0 amide bonds. The molecule has 0 radical (unpaired) electrons. The standard InChI is InChI=1S/C20H21N3OS2/c1-4-11-25-20-21-18-17(15-9-10-22(3)12-16(15)26-18)19(24)23(20)14-7-5-13(2)6-8-14/h4-8H,1,9-12H2,2-3H3/p+1. The quantitative estimate of drug-likeness (QED) is 0.427. The molecule has 1 atom stereocenters. The first kappa shape index (κ1) is 17.5. The van der Waals surface area contributed by atoms with Crippen LogP contribution in [-0.4, -0.2) is 28.9 Å². The molecule has 2 aromatic heterocycles. The fourth-order valence-electron chi connectivity index (χ4n) is 3.39. The summed E-state index contributed by atoms with van der Waals surface area (Å²) in [7, 11) is 2.21. The van der Waals surface area contributed by atoms with Gasteiger partial charge in [-0.05, 0) is 24.6 Å². The number of benzene rings is 1. The molecular formula is C20H22N3OS2+. The van der Waals surface area contributed by atoms with Crippen LogP contribution in [0.5, 0.6) is 0 Å². The second-order valence-electron chi connectivity index (χ2n) is 6.79. The predicted molar refractivity (Wildman–Crippen MR) is 110 cm³/mol. The fourth-order valence-corrected chi connectivity index (χ4v) is 5.51. The third-order valence-electron chi connectivity index (χ3n) is 4.76. The topological polar surface area (TPSA) is 39.3 Å². The summed E-state index contributed by atoms with van der Waals surface area (Å²) < 4.78 is 1.77. The number of quaternary nitrogens is 1. The van der Waals surface area contributed by atoms with E-state index < -0.39 is 0 Å². The van der Waals surface area contributed by atoms with Gasteiger partial charge in [-0.3, -0.25) is 9.36 Å². The Balaban J connectivity index is 1.98. The maximum Gasteiger partial charge on any atom is 0.267 e. The van der Waals surface area contributed by atoms with Crippen LogP contribution in [0.25, 0.3) is 15.9 Å². The predicted octanol–water partition coefficient (Wildman–Crippen LogP) is 2.60. The smallest absolute Gasteiger partial charge is 0.267 e. The summed E-state index contributed by atoms with van der Waals surface area (Å²) in [4.78, 5) is 22.1. The lowest BCUT2D eigenvalue weighted by Gasteiger charge is -2.19. The van der Waals surface area contributed by atoms with E-state index in [0.717, 1.165) is 46.3 Å². The van der Waals surface area contributed by atoms with Crippen LogP contribution in [0, 0.1) is 6.92 Å². The van der Waals surface area contributed by atoms with Crippen LogP contribution in [-0.2, 0) is 13.0 Å². The highest BCUT2D eigenvalue weighted by molar-refractivity contribution is 7.99. The molecule has 0 fully saturated rings. The number of aromatic nitrogens is 2. The van der Waals surface area contributed by atoms with E-state index in [1.54, 1.807) is 27.7 Å². The summed E-state index contributed by atoms with van der Waals surface area (Å²) >= 11 is 3.24. The number of hydrogen-bond donors (Lipinski definition) is 1. The minimum Gasteiger partial charge on any atom is -0.333 e. The van der Waals surface area contributed by atoms with E-state index >= 15 is 0 Å². The van der Waals surface area contributed by atoms with Gasteiger partial charge in [0.25, 0.3) is 5.56 Å². The second-order valence-corrected chi connectivity index (χ2v) is 8.86. The number of nitrogens with one attached hydrogen (secondary N) is 1. The largest absolute Gasteiger partial charge is 0.333 e. The van der Waals surface area contributed by atoms with E-state index in [0.29, 0.717) is 0 Å². The van der Waals surface area contributed by atoms with E-state index in [4.69, 9.17) is 4.98 Å². The Morgan fingerprint density at radius 1 is 1.38 bits per heavy atom. The highest BCUT2D eigenvalue weighted by Gasteiger charge is 2.26. The van der Waals surface area contributed by atoms with Gasteiger partial charge in [0.1, 0.15) is 11.4 Å². The molecule has 0 aliphatic carbocycles. The van der Waals surface area contributed by atoms with E-state index in [-0.39, 0.29) is 5.56 Å². The summed E-state index contributed by atoms with van der Waals surface area (Å²) in [6, 6.07) is 8.07. The molecule has 0 bridgehead atoms. The number of fused-ring (bicyclic) bond motifs is 3. The Hall–Kier alpha value is -1.89. The Kier molecular flexibility index (Phi) is 4.73. The summed E-state index contributed by atoms with van der Waals surface area (Å²) in [5, 5.41) is 1.56. The van der Waals surface area contributed by atoms with Gasteiger partial charge in [0.2, 0.25) is 0 Å². The molecule has 3 heterocycles.